The third-order valence-electron chi connectivity index (χ3n) is 5.08. The minimum absolute atomic E-state index is 0.104. The SMILES string of the molecule is Cc1noc(C)c1COc1ccc(C(=O)O[C@H](C)C(=O)N[C@@](C)(C#N)C(C)C)cc1. The predicted molar refractivity (Wildman–Crippen MR) is 109 cm³/mol. The van der Waals surface area contributed by atoms with Gasteiger partial charge < -0.3 is 19.3 Å². The largest absolute Gasteiger partial charge is 0.489 e. The molecule has 1 N–H and O–H groups in total. The number of amides is 1. The summed E-state index contributed by atoms with van der Waals surface area (Å²) < 4.78 is 16.0. The van der Waals surface area contributed by atoms with E-state index in [-0.39, 0.29) is 11.5 Å². The first-order valence-electron chi connectivity index (χ1n) is 9.66. The summed E-state index contributed by atoms with van der Waals surface area (Å²) in [6, 6.07) is 8.49. The summed E-state index contributed by atoms with van der Waals surface area (Å²) in [5, 5.41) is 15.8. The van der Waals surface area contributed by atoms with Crippen LogP contribution in [0.5, 0.6) is 5.75 Å². The van der Waals surface area contributed by atoms with Crippen LogP contribution in [-0.2, 0) is 16.1 Å². The molecule has 30 heavy (non-hydrogen) atoms. The Balaban J connectivity index is 1.94. The van der Waals surface area contributed by atoms with Crippen molar-refractivity contribution in [1.29, 1.82) is 5.26 Å². The highest BCUT2D eigenvalue weighted by Gasteiger charge is 2.32. The Kier molecular flexibility index (Phi) is 7.22. The van der Waals surface area contributed by atoms with Gasteiger partial charge in [-0.1, -0.05) is 19.0 Å². The number of esters is 1. The summed E-state index contributed by atoms with van der Waals surface area (Å²) in [5.41, 5.74) is 0.887. The van der Waals surface area contributed by atoms with Crippen LogP contribution in [0.4, 0.5) is 0 Å². The minimum Gasteiger partial charge on any atom is -0.489 e. The van der Waals surface area contributed by atoms with E-state index in [1.165, 1.54) is 6.92 Å². The van der Waals surface area contributed by atoms with Gasteiger partial charge in [0.15, 0.2) is 6.10 Å². The lowest BCUT2D eigenvalue weighted by molar-refractivity contribution is -0.130. The van der Waals surface area contributed by atoms with Gasteiger partial charge in [-0.05, 0) is 57.9 Å². The molecule has 1 aromatic heterocycles. The second-order valence-corrected chi connectivity index (χ2v) is 7.62. The molecule has 2 atom stereocenters. The average molecular weight is 413 g/mol. The topological polar surface area (TPSA) is 114 Å². The van der Waals surface area contributed by atoms with Crippen molar-refractivity contribution >= 4 is 11.9 Å². The van der Waals surface area contributed by atoms with Crippen molar-refractivity contribution < 1.29 is 23.6 Å². The first kappa shape index (κ1) is 22.9. The molecule has 8 heteroatoms. The number of carbonyl (C=O) groups is 2. The summed E-state index contributed by atoms with van der Waals surface area (Å²) in [7, 11) is 0. The second kappa shape index (κ2) is 9.44. The molecule has 0 unspecified atom stereocenters. The average Bonchev–Trinajstić information content (AvgIpc) is 3.03. The van der Waals surface area contributed by atoms with E-state index >= 15 is 0 Å². The zero-order chi connectivity index (χ0) is 22.5. The molecule has 1 aromatic carbocycles. The van der Waals surface area contributed by atoms with E-state index in [0.29, 0.717) is 18.1 Å². The Hall–Kier alpha value is -3.34. The van der Waals surface area contributed by atoms with E-state index in [1.807, 2.05) is 27.7 Å². The number of nitrogens with zero attached hydrogens (tertiary/aromatic N) is 2. The maximum absolute atomic E-state index is 12.3. The van der Waals surface area contributed by atoms with E-state index in [2.05, 4.69) is 16.5 Å². The van der Waals surface area contributed by atoms with Gasteiger partial charge in [0.05, 0.1) is 22.9 Å². The van der Waals surface area contributed by atoms with Crippen molar-refractivity contribution in [2.45, 2.75) is 59.8 Å². The van der Waals surface area contributed by atoms with Gasteiger partial charge in [0.1, 0.15) is 23.7 Å². The van der Waals surface area contributed by atoms with Crippen molar-refractivity contribution in [3.63, 3.8) is 0 Å². The molecular weight excluding hydrogens is 386 g/mol. The molecule has 0 aliphatic heterocycles. The standard InChI is InChI=1S/C22H27N3O5/c1-13(2)22(6,12-23)24-20(26)16(5)29-21(27)17-7-9-18(10-8-17)28-11-19-14(3)25-30-15(19)4/h7-10,13,16H,11H2,1-6H3,(H,24,26)/t16-,22+/m1/s1. The highest BCUT2D eigenvalue weighted by Crippen LogP contribution is 2.19. The van der Waals surface area contributed by atoms with E-state index in [9.17, 15) is 14.9 Å². The molecule has 0 radical (unpaired) electrons. The van der Waals surface area contributed by atoms with Crippen LogP contribution in [0.25, 0.3) is 0 Å². The summed E-state index contributed by atoms with van der Waals surface area (Å²) in [6.45, 7) is 10.7. The van der Waals surface area contributed by atoms with E-state index in [1.54, 1.807) is 31.2 Å². The lowest BCUT2D eigenvalue weighted by Crippen LogP contribution is -2.52. The number of aromatic nitrogens is 1. The van der Waals surface area contributed by atoms with Gasteiger partial charge in [0.2, 0.25) is 0 Å². The van der Waals surface area contributed by atoms with Crippen LogP contribution in [0.3, 0.4) is 0 Å². The molecular formula is C22H27N3O5. The van der Waals surface area contributed by atoms with Crippen LogP contribution in [0.2, 0.25) is 0 Å². The van der Waals surface area contributed by atoms with Crippen molar-refractivity contribution in [1.82, 2.24) is 10.5 Å². The number of nitriles is 1. The Bertz CT molecular complexity index is 923. The number of aryl methyl sites for hydroxylation is 2. The number of hydrogen-bond acceptors (Lipinski definition) is 7. The highest BCUT2D eigenvalue weighted by atomic mass is 16.5. The van der Waals surface area contributed by atoms with E-state index in [0.717, 1.165) is 11.3 Å². The molecule has 0 aliphatic carbocycles. The van der Waals surface area contributed by atoms with Crippen molar-refractivity contribution in [2.24, 2.45) is 5.92 Å². The fraction of sp³-hybridized carbons (Fsp3) is 0.455. The molecule has 0 saturated carbocycles. The number of nitrogens with one attached hydrogen (secondary N) is 1. The number of carbonyl (C=O) groups excluding carboxylic acids is 2. The van der Waals surface area contributed by atoms with Crippen molar-refractivity contribution in [2.75, 3.05) is 0 Å². The van der Waals surface area contributed by atoms with Gasteiger partial charge in [-0.2, -0.15) is 5.26 Å². The van der Waals surface area contributed by atoms with Crippen LogP contribution < -0.4 is 10.1 Å². The fourth-order valence-electron chi connectivity index (χ4n) is 2.49. The summed E-state index contributed by atoms with van der Waals surface area (Å²) in [6.07, 6.45) is -1.04. The minimum atomic E-state index is -1.04. The molecule has 0 saturated heterocycles. The molecule has 0 aliphatic rings. The highest BCUT2D eigenvalue weighted by molar-refractivity contribution is 5.92. The second-order valence-electron chi connectivity index (χ2n) is 7.62. The molecule has 1 heterocycles. The maximum atomic E-state index is 12.3. The Morgan fingerprint density at radius 1 is 1.23 bits per heavy atom. The van der Waals surface area contributed by atoms with Crippen LogP contribution in [0.15, 0.2) is 28.8 Å². The third-order valence-corrected chi connectivity index (χ3v) is 5.08. The van der Waals surface area contributed by atoms with Crippen LogP contribution in [0, 0.1) is 31.1 Å². The lowest BCUT2D eigenvalue weighted by atomic mass is 9.90. The monoisotopic (exact) mass is 413 g/mol. The van der Waals surface area contributed by atoms with Crippen LogP contribution in [0.1, 0.15) is 55.1 Å². The quantitative estimate of drug-likeness (QED) is 0.659. The molecule has 160 valence electrons. The van der Waals surface area contributed by atoms with E-state index < -0.39 is 23.5 Å². The first-order valence-corrected chi connectivity index (χ1v) is 9.66. The van der Waals surface area contributed by atoms with Gasteiger partial charge in [0.25, 0.3) is 5.91 Å². The van der Waals surface area contributed by atoms with Crippen LogP contribution >= 0.6 is 0 Å². The van der Waals surface area contributed by atoms with Gasteiger partial charge in [-0.25, -0.2) is 4.79 Å². The Labute approximate surface area is 176 Å². The predicted octanol–water partition coefficient (Wildman–Crippen LogP) is 3.47. The first-order chi connectivity index (χ1) is 14.1. The van der Waals surface area contributed by atoms with E-state index in [4.69, 9.17) is 14.0 Å². The van der Waals surface area contributed by atoms with Crippen molar-refractivity contribution in [3.05, 3.63) is 46.8 Å². The number of benzene rings is 1. The van der Waals surface area contributed by atoms with Gasteiger partial charge in [0, 0.05) is 0 Å². The third kappa shape index (κ3) is 5.38. The smallest absolute Gasteiger partial charge is 0.338 e. The normalized spacial score (nSPS) is 13.8. The summed E-state index contributed by atoms with van der Waals surface area (Å²) in [5.74, 6) is -0.00469. The fourth-order valence-corrected chi connectivity index (χ4v) is 2.49. The zero-order valence-electron chi connectivity index (χ0n) is 18.1. The Morgan fingerprint density at radius 3 is 2.37 bits per heavy atom. The van der Waals surface area contributed by atoms with Gasteiger partial charge in [-0.15, -0.1) is 0 Å². The number of ether oxygens (including phenoxy) is 2. The molecule has 0 spiro atoms. The molecule has 1 amide bonds. The molecule has 0 bridgehead atoms. The molecule has 2 aromatic rings. The van der Waals surface area contributed by atoms with Crippen molar-refractivity contribution in [3.8, 4) is 11.8 Å². The zero-order valence-corrected chi connectivity index (χ0v) is 18.1. The summed E-state index contributed by atoms with van der Waals surface area (Å²) >= 11 is 0. The summed E-state index contributed by atoms with van der Waals surface area (Å²) in [4.78, 5) is 24.7. The molecule has 8 nitrogen and oxygen atoms in total. The van der Waals surface area contributed by atoms with Crippen LogP contribution in [-0.4, -0.2) is 28.7 Å². The maximum Gasteiger partial charge on any atom is 0.338 e. The van der Waals surface area contributed by atoms with Gasteiger partial charge >= 0.3 is 5.97 Å². The number of hydrogen-bond donors (Lipinski definition) is 1. The molecule has 0 fully saturated rings. The van der Waals surface area contributed by atoms with Gasteiger partial charge in [-0.3, -0.25) is 4.79 Å². The lowest BCUT2D eigenvalue weighted by Gasteiger charge is -2.28. The number of rotatable bonds is 8. The molecule has 2 rings (SSSR count). The Morgan fingerprint density at radius 2 is 1.87 bits per heavy atom.